The molecule has 0 aliphatic heterocycles. The highest BCUT2D eigenvalue weighted by Crippen LogP contribution is 2.25. The van der Waals surface area contributed by atoms with E-state index in [4.69, 9.17) is 5.11 Å². The molecule has 0 fully saturated rings. The molecule has 106 valence electrons. The lowest BCUT2D eigenvalue weighted by Gasteiger charge is -2.43. The average molecular weight is 265 g/mol. The van der Waals surface area contributed by atoms with Crippen molar-refractivity contribution in [1.29, 1.82) is 0 Å². The first-order valence-electron chi connectivity index (χ1n) is 6.61. The molecule has 4 heteroatoms. The van der Waals surface area contributed by atoms with E-state index in [1.165, 1.54) is 5.56 Å². The lowest BCUT2D eigenvalue weighted by Crippen LogP contribution is -2.69. The minimum atomic E-state index is -0.303. The largest absolute Gasteiger partial charge is 0.395 e. The van der Waals surface area contributed by atoms with Gasteiger partial charge < -0.3 is 5.11 Å². The number of nitrogens with one attached hydrogen (secondary N) is 1. The molecule has 1 atom stereocenters. The van der Waals surface area contributed by atoms with Gasteiger partial charge in [0.25, 0.3) is 0 Å². The van der Waals surface area contributed by atoms with Gasteiger partial charge in [0, 0.05) is 6.42 Å². The highest BCUT2D eigenvalue weighted by Gasteiger charge is 2.44. The number of nitrogens with zero attached hydrogens (tertiary/aromatic N) is 1. The summed E-state index contributed by atoms with van der Waals surface area (Å²) < 4.78 is 0.0997. The van der Waals surface area contributed by atoms with Crippen molar-refractivity contribution in [3.05, 3.63) is 35.9 Å². The Labute approximate surface area is 115 Å². The zero-order chi connectivity index (χ0) is 14.5. The van der Waals surface area contributed by atoms with Crippen molar-refractivity contribution in [3.63, 3.8) is 0 Å². The quantitative estimate of drug-likeness (QED) is 0.605. The lowest BCUT2D eigenvalue weighted by atomic mass is 9.92. The molecule has 0 radical (unpaired) electrons. The van der Waals surface area contributed by atoms with E-state index in [9.17, 15) is 4.79 Å². The highest BCUT2D eigenvalue weighted by atomic mass is 16.3. The maximum Gasteiger partial charge on any atom is 0.329 e. The fourth-order valence-corrected chi connectivity index (χ4v) is 2.28. The third kappa shape index (κ3) is 3.62. The fraction of sp³-hybridized carbons (Fsp3) is 0.533. The molecule has 19 heavy (non-hydrogen) atoms. The van der Waals surface area contributed by atoms with E-state index in [2.05, 4.69) is 31.4 Å². The number of quaternary nitrogens is 1. The second-order valence-electron chi connectivity index (χ2n) is 5.63. The van der Waals surface area contributed by atoms with E-state index in [0.29, 0.717) is 6.54 Å². The summed E-state index contributed by atoms with van der Waals surface area (Å²) in [5.41, 5.74) is 4.04. The van der Waals surface area contributed by atoms with Gasteiger partial charge in [-0.2, -0.15) is 10.0 Å². The predicted molar refractivity (Wildman–Crippen MR) is 76.2 cm³/mol. The topological polar surface area (TPSA) is 49.3 Å². The Balaban J connectivity index is 2.96. The van der Waals surface area contributed by atoms with Gasteiger partial charge in [-0.1, -0.05) is 30.3 Å². The summed E-state index contributed by atoms with van der Waals surface area (Å²) in [4.78, 5) is 12.0. The summed E-state index contributed by atoms with van der Waals surface area (Å²) in [6, 6.07) is 10.1. The molecule has 0 saturated heterocycles. The maximum absolute atomic E-state index is 12.0. The second kappa shape index (κ2) is 6.28. The van der Waals surface area contributed by atoms with E-state index in [-0.39, 0.29) is 22.6 Å². The van der Waals surface area contributed by atoms with Gasteiger partial charge in [-0.05, 0) is 19.4 Å². The Morgan fingerprint density at radius 2 is 1.89 bits per heavy atom. The zero-order valence-electron chi connectivity index (χ0n) is 12.3. The van der Waals surface area contributed by atoms with Crippen LogP contribution in [0.25, 0.3) is 0 Å². The van der Waals surface area contributed by atoms with E-state index in [1.54, 1.807) is 6.92 Å². The highest BCUT2D eigenvalue weighted by molar-refractivity contribution is 5.65. The number of hydrogen-bond acceptors (Lipinski definition) is 3. The Morgan fingerprint density at radius 1 is 1.32 bits per heavy atom. The molecule has 1 amide bonds. The number of likely N-dealkylation sites (N-methyl/N-ethyl adjacent to an activating group) is 1. The maximum atomic E-state index is 12.0. The lowest BCUT2D eigenvalue weighted by molar-refractivity contribution is -0.926. The Hall–Kier alpha value is -1.23. The predicted octanol–water partition coefficient (Wildman–Crippen LogP) is 1.50. The van der Waals surface area contributed by atoms with Crippen LogP contribution < -0.4 is 5.43 Å². The van der Waals surface area contributed by atoms with Crippen LogP contribution >= 0.6 is 0 Å². The number of rotatable bonds is 6. The molecule has 0 aromatic heterocycles. The minimum absolute atomic E-state index is 0.0164. The molecule has 1 aromatic rings. The Kier molecular flexibility index (Phi) is 5.23. The number of benzene rings is 1. The minimum Gasteiger partial charge on any atom is -0.395 e. The molecule has 2 N–H and O–H groups in total. The summed E-state index contributed by atoms with van der Waals surface area (Å²) in [5, 5.41) is 8.98. The van der Waals surface area contributed by atoms with Gasteiger partial charge in [0.15, 0.2) is 0 Å². The van der Waals surface area contributed by atoms with Crippen LogP contribution in [0.4, 0.5) is 0 Å². The molecule has 0 spiro atoms. The van der Waals surface area contributed by atoms with Gasteiger partial charge in [0.05, 0.1) is 27.1 Å². The van der Waals surface area contributed by atoms with Crippen molar-refractivity contribution in [2.45, 2.75) is 32.7 Å². The summed E-state index contributed by atoms with van der Waals surface area (Å²) in [6.07, 6.45) is 0.780. The van der Waals surface area contributed by atoms with Gasteiger partial charge in [-0.15, -0.1) is 0 Å². The van der Waals surface area contributed by atoms with Crippen LogP contribution in [0.15, 0.2) is 30.3 Å². The van der Waals surface area contributed by atoms with Crippen molar-refractivity contribution < 1.29 is 14.5 Å². The SMILES string of the molecule is CC(=O)[N+](C)(NCCO)C(C)(C)Cc1ccccc1. The van der Waals surface area contributed by atoms with Gasteiger partial charge in [-0.3, -0.25) is 0 Å². The van der Waals surface area contributed by atoms with Gasteiger partial charge in [0.1, 0.15) is 5.54 Å². The molecule has 0 bridgehead atoms. The zero-order valence-corrected chi connectivity index (χ0v) is 12.3. The molecule has 1 aromatic carbocycles. The van der Waals surface area contributed by atoms with Crippen LogP contribution in [-0.4, -0.2) is 41.3 Å². The van der Waals surface area contributed by atoms with Crippen molar-refractivity contribution in [2.24, 2.45) is 0 Å². The molecular formula is C15H25N2O2+. The number of amides is 1. The van der Waals surface area contributed by atoms with Gasteiger partial charge in [-0.25, -0.2) is 4.79 Å². The number of hydrogen-bond donors (Lipinski definition) is 2. The van der Waals surface area contributed by atoms with Crippen molar-refractivity contribution in [1.82, 2.24) is 5.43 Å². The van der Waals surface area contributed by atoms with Crippen molar-refractivity contribution in [3.8, 4) is 0 Å². The summed E-state index contributed by atoms with van der Waals surface area (Å²) in [6.45, 7) is 6.12. The summed E-state index contributed by atoms with van der Waals surface area (Å²) in [5.74, 6) is 0.0365. The van der Waals surface area contributed by atoms with Gasteiger partial charge >= 0.3 is 5.91 Å². The number of carbonyl (C=O) groups is 1. The molecule has 0 aliphatic rings. The first kappa shape index (κ1) is 15.8. The van der Waals surface area contributed by atoms with Crippen LogP contribution in [0.1, 0.15) is 26.3 Å². The summed E-state index contributed by atoms with van der Waals surface area (Å²) >= 11 is 0. The third-order valence-electron chi connectivity index (χ3n) is 3.86. The molecule has 0 heterocycles. The van der Waals surface area contributed by atoms with E-state index >= 15 is 0 Å². The second-order valence-corrected chi connectivity index (χ2v) is 5.63. The van der Waals surface area contributed by atoms with Gasteiger partial charge in [0.2, 0.25) is 0 Å². The Morgan fingerprint density at radius 3 is 2.37 bits per heavy atom. The molecule has 1 unspecified atom stereocenters. The molecule has 0 aliphatic carbocycles. The van der Waals surface area contributed by atoms with Crippen LogP contribution in [0.2, 0.25) is 0 Å². The van der Waals surface area contributed by atoms with E-state index in [0.717, 1.165) is 6.42 Å². The average Bonchev–Trinajstić information content (AvgIpc) is 2.36. The van der Waals surface area contributed by atoms with Crippen LogP contribution in [0, 0.1) is 0 Å². The third-order valence-corrected chi connectivity index (χ3v) is 3.86. The standard InChI is InChI=1S/C15H25N2O2/c1-13(19)17(4,16-10-11-18)15(2,3)12-14-8-6-5-7-9-14/h5-9,16,18H,10-12H2,1-4H3/q+1. The monoisotopic (exact) mass is 265 g/mol. The fourth-order valence-electron chi connectivity index (χ4n) is 2.28. The smallest absolute Gasteiger partial charge is 0.329 e. The van der Waals surface area contributed by atoms with Crippen LogP contribution in [0.3, 0.4) is 0 Å². The normalized spacial score (nSPS) is 15.0. The Bertz CT molecular complexity index is 417. The number of aliphatic hydroxyl groups is 1. The number of carbonyl (C=O) groups excluding carboxylic acids is 1. The number of aliphatic hydroxyl groups excluding tert-OH is 1. The van der Waals surface area contributed by atoms with Crippen molar-refractivity contribution in [2.75, 3.05) is 20.2 Å². The molecule has 1 rings (SSSR count). The van der Waals surface area contributed by atoms with Crippen molar-refractivity contribution >= 4 is 5.91 Å². The molecular weight excluding hydrogens is 240 g/mol. The summed E-state index contributed by atoms with van der Waals surface area (Å²) in [7, 11) is 1.86. The molecule has 4 nitrogen and oxygen atoms in total. The van der Waals surface area contributed by atoms with E-state index < -0.39 is 0 Å². The van der Waals surface area contributed by atoms with Crippen LogP contribution in [0.5, 0.6) is 0 Å². The van der Waals surface area contributed by atoms with E-state index in [1.807, 2.05) is 25.2 Å². The first-order valence-corrected chi connectivity index (χ1v) is 6.61. The molecule has 0 saturated carbocycles. The first-order chi connectivity index (χ1) is 8.83. The van der Waals surface area contributed by atoms with Crippen LogP contribution in [-0.2, 0) is 11.2 Å².